The highest BCUT2D eigenvalue weighted by Gasteiger charge is 2.35. The lowest BCUT2D eigenvalue weighted by molar-refractivity contribution is 0.267. The molecule has 0 amide bonds. The Morgan fingerprint density at radius 1 is 1.43 bits per heavy atom. The van der Waals surface area contributed by atoms with Crippen LogP contribution in [0, 0.1) is 6.92 Å². The summed E-state index contributed by atoms with van der Waals surface area (Å²) in [5, 5.41) is 11.2. The molecule has 2 heterocycles. The minimum Gasteiger partial charge on any atom is -0.391 e. The Balaban J connectivity index is 2.43. The summed E-state index contributed by atoms with van der Waals surface area (Å²) >= 11 is 1.32. The number of aryl methyl sites for hydroxylation is 1. The molecule has 0 bridgehead atoms. The van der Waals surface area contributed by atoms with Crippen molar-refractivity contribution in [2.45, 2.75) is 44.2 Å². The zero-order valence-electron chi connectivity index (χ0n) is 12.9. The molecule has 1 fully saturated rings. The van der Waals surface area contributed by atoms with Crippen LogP contribution >= 0.6 is 11.3 Å². The van der Waals surface area contributed by atoms with Crippen molar-refractivity contribution in [2.24, 2.45) is 0 Å². The van der Waals surface area contributed by atoms with E-state index in [0.29, 0.717) is 16.3 Å². The molecule has 1 aromatic rings. The number of nitrogens with zero attached hydrogens (tertiary/aromatic N) is 2. The Hall–Kier alpha value is -0.470. The zero-order chi connectivity index (χ0) is 15.6. The molecule has 1 unspecified atom stereocenters. The van der Waals surface area contributed by atoms with Gasteiger partial charge in [-0.05, 0) is 44.3 Å². The molecule has 1 aromatic heterocycles. The molecule has 1 atom stereocenters. The van der Waals surface area contributed by atoms with Crippen LogP contribution < -0.4 is 0 Å². The largest absolute Gasteiger partial charge is 0.391 e. The van der Waals surface area contributed by atoms with E-state index in [-0.39, 0.29) is 12.6 Å². The topological polar surface area (TPSA) is 60.9 Å². The first kappa shape index (κ1) is 16.9. The lowest BCUT2D eigenvalue weighted by Crippen LogP contribution is -2.43. The average molecular weight is 332 g/mol. The predicted molar refractivity (Wildman–Crippen MR) is 85.1 cm³/mol. The van der Waals surface area contributed by atoms with Gasteiger partial charge >= 0.3 is 0 Å². The van der Waals surface area contributed by atoms with E-state index in [9.17, 15) is 13.5 Å². The van der Waals surface area contributed by atoms with Gasteiger partial charge in [0.15, 0.2) is 0 Å². The second kappa shape index (κ2) is 6.75. The van der Waals surface area contributed by atoms with Gasteiger partial charge in [-0.25, -0.2) is 8.42 Å². The van der Waals surface area contributed by atoms with Gasteiger partial charge in [-0.15, -0.1) is 11.3 Å². The third kappa shape index (κ3) is 3.32. The first-order valence-corrected chi connectivity index (χ1v) is 9.62. The second-order valence-corrected chi connectivity index (χ2v) is 8.41. The fraction of sp³-hybridized carbons (Fsp3) is 0.714. The molecular formula is C14H24N2O3S2. The van der Waals surface area contributed by atoms with E-state index in [0.717, 1.165) is 31.5 Å². The van der Waals surface area contributed by atoms with Gasteiger partial charge in [-0.1, -0.05) is 6.92 Å². The number of sulfonamides is 1. The second-order valence-electron chi connectivity index (χ2n) is 5.62. The summed E-state index contributed by atoms with van der Waals surface area (Å²) in [4.78, 5) is 3.05. The molecule has 1 aliphatic heterocycles. The van der Waals surface area contributed by atoms with Crippen LogP contribution in [-0.4, -0.2) is 55.5 Å². The van der Waals surface area contributed by atoms with Crippen molar-refractivity contribution in [3.05, 3.63) is 15.8 Å². The summed E-state index contributed by atoms with van der Waals surface area (Å²) in [5.74, 6) is 0. The Bertz CT molecular complexity index is 583. The van der Waals surface area contributed by atoms with Crippen molar-refractivity contribution in [2.75, 3.05) is 26.7 Å². The highest BCUT2D eigenvalue weighted by Crippen LogP contribution is 2.31. The molecule has 0 saturated carbocycles. The van der Waals surface area contributed by atoms with Gasteiger partial charge in [0.2, 0.25) is 10.0 Å². The molecule has 0 spiro atoms. The number of rotatable bonds is 4. The van der Waals surface area contributed by atoms with Crippen LogP contribution in [0.25, 0.3) is 0 Å². The van der Waals surface area contributed by atoms with Crippen LogP contribution in [0.1, 0.15) is 30.2 Å². The van der Waals surface area contributed by atoms with E-state index in [2.05, 4.69) is 4.90 Å². The maximum Gasteiger partial charge on any atom is 0.244 e. The first-order chi connectivity index (χ1) is 9.91. The van der Waals surface area contributed by atoms with E-state index < -0.39 is 10.0 Å². The molecule has 0 radical (unpaired) electrons. The van der Waals surface area contributed by atoms with Gasteiger partial charge in [-0.3, -0.25) is 0 Å². The van der Waals surface area contributed by atoms with E-state index in [1.165, 1.54) is 11.3 Å². The summed E-state index contributed by atoms with van der Waals surface area (Å²) in [6.07, 6.45) is 1.63. The van der Waals surface area contributed by atoms with Crippen LogP contribution in [0.3, 0.4) is 0 Å². The minimum atomic E-state index is -3.54. The minimum absolute atomic E-state index is 0.00616. The molecule has 0 aromatic carbocycles. The Kier molecular flexibility index (Phi) is 5.43. The van der Waals surface area contributed by atoms with Crippen LogP contribution in [0.15, 0.2) is 10.3 Å². The zero-order valence-corrected chi connectivity index (χ0v) is 14.5. The number of hydrogen-bond donors (Lipinski definition) is 1. The van der Waals surface area contributed by atoms with Crippen molar-refractivity contribution in [1.82, 2.24) is 9.21 Å². The summed E-state index contributed by atoms with van der Waals surface area (Å²) in [6.45, 7) is 5.82. The average Bonchev–Trinajstić information content (AvgIpc) is 2.71. The molecule has 7 heteroatoms. The van der Waals surface area contributed by atoms with Crippen molar-refractivity contribution in [3.63, 3.8) is 0 Å². The van der Waals surface area contributed by atoms with Crippen molar-refractivity contribution in [1.29, 1.82) is 0 Å². The van der Waals surface area contributed by atoms with E-state index >= 15 is 0 Å². The molecule has 5 nitrogen and oxygen atoms in total. The Morgan fingerprint density at radius 3 is 2.76 bits per heavy atom. The Labute approximate surface area is 131 Å². The molecule has 120 valence electrons. The lowest BCUT2D eigenvalue weighted by atomic mass is 10.2. The van der Waals surface area contributed by atoms with Gasteiger partial charge in [-0.2, -0.15) is 4.31 Å². The number of thiophene rings is 1. The molecule has 21 heavy (non-hydrogen) atoms. The summed E-state index contributed by atoms with van der Waals surface area (Å²) in [6, 6.07) is -0.00616. The molecule has 1 saturated heterocycles. The molecular weight excluding hydrogens is 308 g/mol. The molecule has 2 rings (SSSR count). The van der Waals surface area contributed by atoms with Crippen molar-refractivity contribution < 1.29 is 13.5 Å². The van der Waals surface area contributed by atoms with Gasteiger partial charge in [0.05, 0.1) is 11.5 Å². The smallest absolute Gasteiger partial charge is 0.244 e. The molecule has 0 aliphatic carbocycles. The van der Waals surface area contributed by atoms with Crippen LogP contribution in [-0.2, 0) is 16.6 Å². The molecule has 1 N–H and O–H groups in total. The van der Waals surface area contributed by atoms with Gasteiger partial charge < -0.3 is 10.0 Å². The lowest BCUT2D eigenvalue weighted by Gasteiger charge is -2.29. The van der Waals surface area contributed by atoms with Crippen LogP contribution in [0.4, 0.5) is 0 Å². The monoisotopic (exact) mass is 332 g/mol. The number of aliphatic hydroxyl groups is 1. The summed E-state index contributed by atoms with van der Waals surface area (Å²) in [5.41, 5.74) is 0.733. The fourth-order valence-corrected chi connectivity index (χ4v) is 6.28. The number of hydrogen-bond acceptors (Lipinski definition) is 5. The van der Waals surface area contributed by atoms with Crippen molar-refractivity contribution in [3.8, 4) is 0 Å². The number of likely N-dealkylation sites (N-methyl/N-ethyl adjacent to an activating group) is 1. The van der Waals surface area contributed by atoms with E-state index in [1.807, 2.05) is 19.4 Å². The first-order valence-electron chi connectivity index (χ1n) is 7.30. The highest BCUT2D eigenvalue weighted by atomic mass is 32.2. The number of aliphatic hydroxyl groups excluding tert-OH is 1. The van der Waals surface area contributed by atoms with E-state index in [1.54, 1.807) is 11.2 Å². The maximum absolute atomic E-state index is 13.1. The van der Waals surface area contributed by atoms with E-state index in [4.69, 9.17) is 0 Å². The van der Waals surface area contributed by atoms with Gasteiger partial charge in [0, 0.05) is 19.1 Å². The third-order valence-electron chi connectivity index (χ3n) is 4.02. The summed E-state index contributed by atoms with van der Waals surface area (Å²) < 4.78 is 27.8. The van der Waals surface area contributed by atoms with Crippen LogP contribution in [0.5, 0.6) is 0 Å². The fourth-order valence-electron chi connectivity index (χ4n) is 2.93. The normalized spacial score (nSPS) is 22.4. The third-order valence-corrected chi connectivity index (χ3v) is 7.42. The highest BCUT2D eigenvalue weighted by molar-refractivity contribution is 7.89. The van der Waals surface area contributed by atoms with Crippen molar-refractivity contribution >= 4 is 21.4 Å². The Morgan fingerprint density at radius 2 is 2.14 bits per heavy atom. The predicted octanol–water partition coefficient (Wildman–Crippen LogP) is 1.65. The summed E-state index contributed by atoms with van der Waals surface area (Å²) in [7, 11) is -1.51. The van der Waals surface area contributed by atoms with Gasteiger partial charge in [0.1, 0.15) is 4.90 Å². The molecule has 1 aliphatic rings. The quantitative estimate of drug-likeness (QED) is 0.911. The standard InChI is InChI=1S/C14H24N2O3S2/c1-4-12-8-15(3)6-5-7-16(12)21(18,19)14-11(2)10-20-13(14)9-17/h10,12,17H,4-9H2,1-3H3. The SMILES string of the molecule is CCC1CN(C)CCCN1S(=O)(=O)c1c(C)csc1CO. The maximum atomic E-state index is 13.1. The van der Waals surface area contributed by atoms with Gasteiger partial charge in [0.25, 0.3) is 0 Å². The van der Waals surface area contributed by atoms with Crippen LogP contribution in [0.2, 0.25) is 0 Å².